The smallest absolute Gasteiger partial charge is 0.261 e. The van der Waals surface area contributed by atoms with Gasteiger partial charge in [-0.1, -0.05) is 11.3 Å². The molecular weight excluding hydrogens is 288 g/mol. The molecule has 1 aliphatic heterocycles. The maximum atomic E-state index is 12.8. The lowest BCUT2D eigenvalue weighted by atomic mass is 10.1. The average Bonchev–Trinajstić information content (AvgIpc) is 3.06. The lowest BCUT2D eigenvalue weighted by Crippen LogP contribution is -2.29. The van der Waals surface area contributed by atoms with Crippen molar-refractivity contribution in [1.82, 2.24) is 14.8 Å². The Kier molecular flexibility index (Phi) is 3.77. The second kappa shape index (κ2) is 5.57. The van der Waals surface area contributed by atoms with Gasteiger partial charge in [0.2, 0.25) is 5.13 Å². The molecule has 6 nitrogen and oxygen atoms in total. The van der Waals surface area contributed by atoms with Gasteiger partial charge < -0.3 is 15.0 Å². The Balaban J connectivity index is 2.06. The number of aryl methyl sites for hydroxylation is 2. The van der Waals surface area contributed by atoms with E-state index < -0.39 is 0 Å². The van der Waals surface area contributed by atoms with E-state index in [0.29, 0.717) is 22.2 Å². The van der Waals surface area contributed by atoms with Crippen LogP contribution in [-0.4, -0.2) is 27.5 Å². The molecular formula is C14H18N4O2S. The summed E-state index contributed by atoms with van der Waals surface area (Å²) >= 11 is 1.24. The van der Waals surface area contributed by atoms with Gasteiger partial charge in [0.05, 0.1) is 18.2 Å². The normalized spacial score (nSPS) is 18.3. The molecule has 1 saturated heterocycles. The number of ether oxygens (including phenoxy) is 1. The first-order valence-electron chi connectivity index (χ1n) is 6.98. The highest BCUT2D eigenvalue weighted by Gasteiger charge is 2.21. The van der Waals surface area contributed by atoms with Gasteiger partial charge in [0.15, 0.2) is 5.01 Å². The van der Waals surface area contributed by atoms with Crippen LogP contribution in [0.3, 0.4) is 0 Å². The van der Waals surface area contributed by atoms with Gasteiger partial charge in [-0.15, -0.1) is 10.2 Å². The van der Waals surface area contributed by atoms with Crippen molar-refractivity contribution in [3.8, 4) is 10.6 Å². The Bertz CT molecular complexity index is 716. The third-order valence-electron chi connectivity index (χ3n) is 3.77. The summed E-state index contributed by atoms with van der Waals surface area (Å²) < 4.78 is 7.42. The van der Waals surface area contributed by atoms with Crippen LogP contribution in [0.5, 0.6) is 0 Å². The van der Waals surface area contributed by atoms with Crippen LogP contribution < -0.4 is 11.3 Å². The van der Waals surface area contributed by atoms with E-state index in [4.69, 9.17) is 10.5 Å². The predicted octanol–water partition coefficient (Wildman–Crippen LogP) is 1.74. The summed E-state index contributed by atoms with van der Waals surface area (Å²) in [5.74, 6) is 0. The molecule has 21 heavy (non-hydrogen) atoms. The fourth-order valence-electron chi connectivity index (χ4n) is 2.74. The largest absolute Gasteiger partial charge is 0.376 e. The van der Waals surface area contributed by atoms with E-state index in [1.165, 1.54) is 11.3 Å². The van der Waals surface area contributed by atoms with Gasteiger partial charge in [0, 0.05) is 12.3 Å². The van der Waals surface area contributed by atoms with Crippen molar-refractivity contribution < 1.29 is 4.74 Å². The average molecular weight is 306 g/mol. The number of hydrogen-bond acceptors (Lipinski definition) is 6. The molecule has 7 heteroatoms. The maximum absolute atomic E-state index is 12.8. The minimum Gasteiger partial charge on any atom is -0.376 e. The molecule has 112 valence electrons. The van der Waals surface area contributed by atoms with E-state index in [9.17, 15) is 4.79 Å². The fourth-order valence-corrected chi connectivity index (χ4v) is 3.45. The number of anilines is 1. The zero-order chi connectivity index (χ0) is 15.0. The summed E-state index contributed by atoms with van der Waals surface area (Å²) in [4.78, 5) is 12.8. The first kappa shape index (κ1) is 14.2. The minimum atomic E-state index is -0.0425. The van der Waals surface area contributed by atoms with Crippen LogP contribution in [0, 0.1) is 13.8 Å². The lowest BCUT2D eigenvalue weighted by Gasteiger charge is -2.16. The number of pyridine rings is 1. The van der Waals surface area contributed by atoms with Crippen LogP contribution in [0.25, 0.3) is 10.6 Å². The van der Waals surface area contributed by atoms with Gasteiger partial charge >= 0.3 is 0 Å². The van der Waals surface area contributed by atoms with E-state index in [-0.39, 0.29) is 11.7 Å². The van der Waals surface area contributed by atoms with Gasteiger partial charge in [-0.25, -0.2) is 0 Å². The van der Waals surface area contributed by atoms with Gasteiger partial charge in [-0.05, 0) is 38.3 Å². The topological polar surface area (TPSA) is 83.0 Å². The Morgan fingerprint density at radius 2 is 2.29 bits per heavy atom. The first-order valence-corrected chi connectivity index (χ1v) is 7.80. The molecule has 1 fully saturated rings. The highest BCUT2D eigenvalue weighted by Crippen LogP contribution is 2.25. The summed E-state index contributed by atoms with van der Waals surface area (Å²) in [5.41, 5.74) is 8.02. The summed E-state index contributed by atoms with van der Waals surface area (Å²) in [7, 11) is 0. The monoisotopic (exact) mass is 306 g/mol. The Morgan fingerprint density at radius 1 is 1.48 bits per heavy atom. The number of nitrogens with two attached hydrogens (primary N) is 1. The quantitative estimate of drug-likeness (QED) is 0.934. The maximum Gasteiger partial charge on any atom is 0.261 e. The van der Waals surface area contributed by atoms with Crippen LogP contribution >= 0.6 is 11.3 Å². The molecule has 2 aromatic rings. The van der Waals surface area contributed by atoms with Crippen LogP contribution in [0.1, 0.15) is 24.1 Å². The second-order valence-electron chi connectivity index (χ2n) is 5.34. The Labute approximate surface area is 126 Å². The van der Waals surface area contributed by atoms with Crippen LogP contribution in [0.15, 0.2) is 10.9 Å². The second-order valence-corrected chi connectivity index (χ2v) is 6.35. The molecule has 1 atom stereocenters. The van der Waals surface area contributed by atoms with Crippen molar-refractivity contribution in [1.29, 1.82) is 0 Å². The van der Waals surface area contributed by atoms with E-state index in [1.807, 2.05) is 19.9 Å². The zero-order valence-corrected chi connectivity index (χ0v) is 12.9. The van der Waals surface area contributed by atoms with Crippen molar-refractivity contribution in [2.75, 3.05) is 12.3 Å². The molecule has 0 bridgehead atoms. The van der Waals surface area contributed by atoms with Gasteiger partial charge in [0.25, 0.3) is 5.56 Å². The van der Waals surface area contributed by atoms with E-state index >= 15 is 0 Å². The van der Waals surface area contributed by atoms with Crippen molar-refractivity contribution in [3.05, 3.63) is 27.7 Å². The highest BCUT2D eigenvalue weighted by atomic mass is 32.1. The van der Waals surface area contributed by atoms with Crippen molar-refractivity contribution >= 4 is 16.5 Å². The van der Waals surface area contributed by atoms with Crippen LogP contribution in [0.4, 0.5) is 5.13 Å². The zero-order valence-electron chi connectivity index (χ0n) is 12.1. The number of rotatable bonds is 3. The lowest BCUT2D eigenvalue weighted by molar-refractivity contribution is 0.0957. The van der Waals surface area contributed by atoms with Crippen molar-refractivity contribution in [3.63, 3.8) is 0 Å². The third kappa shape index (κ3) is 2.71. The van der Waals surface area contributed by atoms with Crippen molar-refractivity contribution in [2.24, 2.45) is 0 Å². The van der Waals surface area contributed by atoms with Crippen molar-refractivity contribution in [2.45, 2.75) is 39.3 Å². The summed E-state index contributed by atoms with van der Waals surface area (Å²) in [6, 6.07) is 2.00. The number of nitrogens with zero attached hydrogens (tertiary/aromatic N) is 3. The summed E-state index contributed by atoms with van der Waals surface area (Å²) in [6.07, 6.45) is 2.18. The third-order valence-corrected chi connectivity index (χ3v) is 4.54. The Morgan fingerprint density at radius 3 is 2.90 bits per heavy atom. The van der Waals surface area contributed by atoms with E-state index in [1.54, 1.807) is 4.57 Å². The first-order chi connectivity index (χ1) is 10.1. The van der Waals surface area contributed by atoms with Crippen LogP contribution in [0.2, 0.25) is 0 Å². The van der Waals surface area contributed by atoms with Gasteiger partial charge in [-0.2, -0.15) is 0 Å². The number of hydrogen-bond donors (Lipinski definition) is 1. The molecule has 3 rings (SSSR count). The van der Waals surface area contributed by atoms with Gasteiger partial charge in [-0.3, -0.25) is 4.79 Å². The molecule has 0 aliphatic carbocycles. The molecule has 1 aliphatic rings. The molecule has 1 unspecified atom stereocenters. The summed E-state index contributed by atoms with van der Waals surface area (Å²) in [6.45, 7) is 5.23. The molecule has 0 amide bonds. The molecule has 0 radical (unpaired) electrons. The van der Waals surface area contributed by atoms with Gasteiger partial charge in [0.1, 0.15) is 0 Å². The molecule has 2 N–H and O–H groups in total. The van der Waals surface area contributed by atoms with E-state index in [0.717, 1.165) is 30.7 Å². The predicted molar refractivity (Wildman–Crippen MR) is 82.5 cm³/mol. The molecule has 0 spiro atoms. The molecule has 0 saturated carbocycles. The highest BCUT2D eigenvalue weighted by molar-refractivity contribution is 7.18. The standard InChI is InChI=1S/C14H18N4O2S/c1-8-6-9(2)18(7-10-4-3-5-20-10)13(19)11(8)12-16-17-14(15)21-12/h6,10H,3-5,7H2,1-2H3,(H2,15,17). The SMILES string of the molecule is Cc1cc(C)n(CC2CCCO2)c(=O)c1-c1nnc(N)s1. The number of nitrogen functional groups attached to an aromatic ring is 1. The number of aromatic nitrogens is 3. The van der Waals surface area contributed by atoms with Crippen LogP contribution in [-0.2, 0) is 11.3 Å². The summed E-state index contributed by atoms with van der Waals surface area (Å²) in [5, 5.41) is 8.76. The van der Waals surface area contributed by atoms with E-state index in [2.05, 4.69) is 10.2 Å². The Hall–Kier alpha value is -1.73. The molecule has 3 heterocycles. The fraction of sp³-hybridized carbons (Fsp3) is 0.500. The molecule has 0 aromatic carbocycles. The molecule has 2 aromatic heterocycles. The minimum absolute atomic E-state index is 0.0425.